The average Bonchev–Trinajstić information content (AvgIpc) is 3.15. The van der Waals surface area contributed by atoms with E-state index in [0.29, 0.717) is 5.75 Å². The molecule has 1 heterocycles. The predicted octanol–water partition coefficient (Wildman–Crippen LogP) is 6.06. The summed E-state index contributed by atoms with van der Waals surface area (Å²) in [5, 5.41) is 18.3. The number of hydrogen-bond donors (Lipinski definition) is 1. The molecule has 0 aliphatic rings. The summed E-state index contributed by atoms with van der Waals surface area (Å²) in [4.78, 5) is 4.71. The van der Waals surface area contributed by atoms with E-state index in [0.717, 1.165) is 27.5 Å². The number of aliphatic hydroxyl groups is 1. The van der Waals surface area contributed by atoms with Crippen LogP contribution in [0, 0.1) is 6.92 Å². The summed E-state index contributed by atoms with van der Waals surface area (Å²) < 4.78 is 6.53. The fraction of sp³-hybridized carbons (Fsp3) is 0.136. The summed E-state index contributed by atoms with van der Waals surface area (Å²) in [6.07, 6.45) is 0. The Morgan fingerprint density at radius 3 is 2.29 bits per heavy atom. The third kappa shape index (κ3) is 4.24. The van der Waals surface area contributed by atoms with Crippen molar-refractivity contribution in [2.45, 2.75) is 6.92 Å². The van der Waals surface area contributed by atoms with Crippen LogP contribution in [0.3, 0.4) is 0 Å². The van der Waals surface area contributed by atoms with E-state index in [1.807, 2.05) is 48.5 Å². The molecule has 0 radical (unpaired) electrons. The zero-order valence-corrected chi connectivity index (χ0v) is 16.2. The van der Waals surface area contributed by atoms with Gasteiger partial charge < -0.3 is 9.84 Å². The normalized spacial score (nSPS) is 11.4. The molecule has 0 aliphatic heterocycles. The molecule has 5 nitrogen and oxygen atoms in total. The van der Waals surface area contributed by atoms with Crippen LogP contribution in [0.4, 0.5) is 11.4 Å². The first kappa shape index (κ1) is 18.3. The molecule has 28 heavy (non-hydrogen) atoms. The maximum absolute atomic E-state index is 8.77. The summed E-state index contributed by atoms with van der Waals surface area (Å²) in [5.41, 5.74) is 4.86. The lowest BCUT2D eigenvalue weighted by Crippen LogP contribution is -2.00. The third-order valence-electron chi connectivity index (χ3n) is 4.14. The van der Waals surface area contributed by atoms with E-state index in [2.05, 4.69) is 35.4 Å². The highest BCUT2D eigenvalue weighted by molar-refractivity contribution is 7.21. The van der Waals surface area contributed by atoms with Gasteiger partial charge in [-0.15, -0.1) is 11.3 Å². The molecular formula is C22H19N3O2S. The Balaban J connectivity index is 1.47. The van der Waals surface area contributed by atoms with Gasteiger partial charge in [0.15, 0.2) is 0 Å². The van der Waals surface area contributed by atoms with Crippen LogP contribution in [0.2, 0.25) is 0 Å². The third-order valence-corrected chi connectivity index (χ3v) is 5.20. The van der Waals surface area contributed by atoms with Gasteiger partial charge in [-0.05, 0) is 73.2 Å². The van der Waals surface area contributed by atoms with Crippen molar-refractivity contribution < 1.29 is 9.84 Å². The first-order valence-corrected chi connectivity index (χ1v) is 9.76. The van der Waals surface area contributed by atoms with E-state index in [4.69, 9.17) is 14.8 Å². The van der Waals surface area contributed by atoms with Crippen LogP contribution in [-0.2, 0) is 0 Å². The van der Waals surface area contributed by atoms with Gasteiger partial charge in [-0.3, -0.25) is 0 Å². The molecule has 0 spiro atoms. The number of aryl methyl sites for hydroxylation is 1. The van der Waals surface area contributed by atoms with Gasteiger partial charge in [-0.25, -0.2) is 4.98 Å². The molecule has 0 amide bonds. The molecule has 4 aromatic rings. The first-order chi connectivity index (χ1) is 13.7. The molecule has 4 rings (SSSR count). The number of ether oxygens (including phenoxy) is 1. The fourth-order valence-corrected chi connectivity index (χ4v) is 3.78. The highest BCUT2D eigenvalue weighted by Gasteiger charge is 2.06. The molecule has 1 aromatic heterocycles. The fourth-order valence-electron chi connectivity index (χ4n) is 2.71. The molecule has 0 unspecified atom stereocenters. The lowest BCUT2D eigenvalue weighted by atomic mass is 10.2. The Morgan fingerprint density at radius 1 is 0.929 bits per heavy atom. The smallest absolute Gasteiger partial charge is 0.124 e. The van der Waals surface area contributed by atoms with Gasteiger partial charge in [0.2, 0.25) is 0 Å². The molecule has 1 N–H and O–H groups in total. The molecule has 3 aromatic carbocycles. The standard InChI is InChI=1S/C22H19N3O2S/c1-15-2-11-20-21(14-15)28-22(23-20)16-3-5-17(6-4-16)24-25-18-7-9-19(10-8-18)27-13-12-26/h2-11,14,26H,12-13H2,1H3. The molecule has 0 fully saturated rings. The molecule has 140 valence electrons. The minimum absolute atomic E-state index is 0.00584. The zero-order chi connectivity index (χ0) is 19.3. The molecular weight excluding hydrogens is 370 g/mol. The second-order valence-corrected chi connectivity index (χ2v) is 7.33. The quantitative estimate of drug-likeness (QED) is 0.408. The number of thiazole rings is 1. The van der Waals surface area contributed by atoms with E-state index in [1.165, 1.54) is 10.3 Å². The Bertz CT molecular complexity index is 1100. The van der Waals surface area contributed by atoms with Crippen molar-refractivity contribution in [3.63, 3.8) is 0 Å². The molecule has 0 bridgehead atoms. The van der Waals surface area contributed by atoms with Crippen molar-refractivity contribution in [3.8, 4) is 16.3 Å². The molecule has 0 atom stereocenters. The first-order valence-electron chi connectivity index (χ1n) is 8.94. The number of aliphatic hydroxyl groups excluding tert-OH is 1. The van der Waals surface area contributed by atoms with Crippen molar-refractivity contribution in [3.05, 3.63) is 72.3 Å². The van der Waals surface area contributed by atoms with Crippen LogP contribution in [-0.4, -0.2) is 23.3 Å². The summed E-state index contributed by atoms with van der Waals surface area (Å²) in [6.45, 7) is 2.36. The lowest BCUT2D eigenvalue weighted by molar-refractivity contribution is 0.201. The Hall–Kier alpha value is -3.09. The Morgan fingerprint density at radius 2 is 1.61 bits per heavy atom. The number of hydrogen-bond acceptors (Lipinski definition) is 6. The van der Waals surface area contributed by atoms with Crippen molar-refractivity contribution in [1.82, 2.24) is 4.98 Å². The minimum atomic E-state index is -0.00584. The van der Waals surface area contributed by atoms with E-state index in [1.54, 1.807) is 11.3 Å². The van der Waals surface area contributed by atoms with Crippen LogP contribution in [0.15, 0.2) is 77.0 Å². The van der Waals surface area contributed by atoms with Gasteiger partial charge in [-0.2, -0.15) is 10.2 Å². The SMILES string of the molecule is Cc1ccc2nc(-c3ccc(N=Nc4ccc(OCCO)cc4)cc3)sc2c1. The molecule has 6 heteroatoms. The van der Waals surface area contributed by atoms with E-state index < -0.39 is 0 Å². The minimum Gasteiger partial charge on any atom is -0.491 e. The van der Waals surface area contributed by atoms with Crippen molar-refractivity contribution in [2.24, 2.45) is 10.2 Å². The van der Waals surface area contributed by atoms with Crippen LogP contribution >= 0.6 is 11.3 Å². The van der Waals surface area contributed by atoms with E-state index in [-0.39, 0.29) is 13.2 Å². The van der Waals surface area contributed by atoms with Crippen molar-refractivity contribution in [1.29, 1.82) is 0 Å². The molecule has 0 saturated carbocycles. The summed E-state index contributed by atoms with van der Waals surface area (Å²) in [6, 6.07) is 21.5. The number of nitrogens with zero attached hydrogens (tertiary/aromatic N) is 3. The number of aromatic nitrogens is 1. The van der Waals surface area contributed by atoms with Crippen LogP contribution < -0.4 is 4.74 Å². The monoisotopic (exact) mass is 389 g/mol. The maximum Gasteiger partial charge on any atom is 0.124 e. The summed E-state index contributed by atoms with van der Waals surface area (Å²) >= 11 is 1.69. The summed E-state index contributed by atoms with van der Waals surface area (Å²) in [7, 11) is 0. The summed E-state index contributed by atoms with van der Waals surface area (Å²) in [5.74, 6) is 0.698. The average molecular weight is 389 g/mol. The predicted molar refractivity (Wildman–Crippen MR) is 113 cm³/mol. The van der Waals surface area contributed by atoms with Crippen LogP contribution in [0.1, 0.15) is 5.56 Å². The number of rotatable bonds is 6. The van der Waals surface area contributed by atoms with E-state index in [9.17, 15) is 0 Å². The topological polar surface area (TPSA) is 67.1 Å². The van der Waals surface area contributed by atoms with E-state index >= 15 is 0 Å². The second kappa shape index (κ2) is 8.29. The lowest BCUT2D eigenvalue weighted by Gasteiger charge is -2.03. The Labute approximate surface area is 167 Å². The largest absolute Gasteiger partial charge is 0.491 e. The van der Waals surface area contributed by atoms with Crippen molar-refractivity contribution in [2.75, 3.05) is 13.2 Å². The van der Waals surface area contributed by atoms with Gasteiger partial charge in [0.05, 0.1) is 28.2 Å². The zero-order valence-electron chi connectivity index (χ0n) is 15.4. The van der Waals surface area contributed by atoms with Crippen LogP contribution in [0.25, 0.3) is 20.8 Å². The second-order valence-electron chi connectivity index (χ2n) is 6.30. The number of fused-ring (bicyclic) bond motifs is 1. The van der Waals surface area contributed by atoms with Gasteiger partial charge in [0, 0.05) is 5.56 Å². The van der Waals surface area contributed by atoms with Gasteiger partial charge >= 0.3 is 0 Å². The molecule has 0 saturated heterocycles. The molecule has 0 aliphatic carbocycles. The van der Waals surface area contributed by atoms with Crippen LogP contribution in [0.5, 0.6) is 5.75 Å². The van der Waals surface area contributed by atoms with Crippen molar-refractivity contribution >= 4 is 32.9 Å². The van der Waals surface area contributed by atoms with Gasteiger partial charge in [-0.1, -0.05) is 6.07 Å². The number of benzene rings is 3. The number of azo groups is 1. The van der Waals surface area contributed by atoms with Gasteiger partial charge in [0.25, 0.3) is 0 Å². The highest BCUT2D eigenvalue weighted by Crippen LogP contribution is 2.32. The highest BCUT2D eigenvalue weighted by atomic mass is 32.1. The van der Waals surface area contributed by atoms with Gasteiger partial charge in [0.1, 0.15) is 17.4 Å². The maximum atomic E-state index is 8.77. The Kier molecular flexibility index (Phi) is 5.41.